The number of carbonyl (C=O) groups excluding carboxylic acids is 1. The summed E-state index contributed by atoms with van der Waals surface area (Å²) in [5, 5.41) is 14.5. The first kappa shape index (κ1) is 17.2. The van der Waals surface area contributed by atoms with Crippen molar-refractivity contribution in [3.8, 4) is 0 Å². The predicted octanol–water partition coefficient (Wildman–Crippen LogP) is 2.41. The lowest BCUT2D eigenvalue weighted by Crippen LogP contribution is -2.29. The molecule has 0 aliphatic heterocycles. The first-order valence-corrected chi connectivity index (χ1v) is 7.26. The van der Waals surface area contributed by atoms with Crippen molar-refractivity contribution in [2.45, 2.75) is 33.1 Å². The molecule has 3 N–H and O–H groups in total. The van der Waals surface area contributed by atoms with Crippen LogP contribution >= 0.6 is 0 Å². The monoisotopic (exact) mass is 292 g/mol. The minimum atomic E-state index is -0.757. The number of carboxylic acids is 1. The molecule has 1 amide bonds. The fourth-order valence-electron chi connectivity index (χ4n) is 1.99. The molecule has 0 bridgehead atoms. The van der Waals surface area contributed by atoms with E-state index in [9.17, 15) is 9.59 Å². The van der Waals surface area contributed by atoms with E-state index in [-0.39, 0.29) is 18.9 Å². The van der Waals surface area contributed by atoms with Crippen LogP contribution in [0.25, 0.3) is 0 Å². The number of nitrogens with one attached hydrogen (secondary N) is 2. The Balaban J connectivity index is 2.15. The molecule has 1 aromatic carbocycles. The second-order valence-corrected chi connectivity index (χ2v) is 5.42. The Morgan fingerprint density at radius 3 is 2.71 bits per heavy atom. The molecule has 116 valence electrons. The Labute approximate surface area is 125 Å². The first-order valence-electron chi connectivity index (χ1n) is 7.26. The predicted molar refractivity (Wildman–Crippen MR) is 83.3 cm³/mol. The molecule has 21 heavy (non-hydrogen) atoms. The number of carboxylic acid groups (broad SMARTS) is 1. The minimum Gasteiger partial charge on any atom is -0.481 e. The molecular formula is C16H24N2O3. The molecule has 0 spiro atoms. The Morgan fingerprint density at radius 1 is 1.29 bits per heavy atom. The number of anilines is 1. The maximum Gasteiger partial charge on any atom is 0.303 e. The van der Waals surface area contributed by atoms with E-state index in [1.54, 1.807) is 0 Å². The summed E-state index contributed by atoms with van der Waals surface area (Å²) < 4.78 is 0. The Bertz CT molecular complexity index is 474. The second-order valence-electron chi connectivity index (χ2n) is 5.42. The van der Waals surface area contributed by atoms with Crippen molar-refractivity contribution in [1.29, 1.82) is 0 Å². The maximum absolute atomic E-state index is 11.7. The van der Waals surface area contributed by atoms with E-state index in [1.165, 1.54) is 0 Å². The summed E-state index contributed by atoms with van der Waals surface area (Å²) in [5.41, 5.74) is 1.91. The summed E-state index contributed by atoms with van der Waals surface area (Å²) >= 11 is 0. The van der Waals surface area contributed by atoms with Crippen molar-refractivity contribution in [2.75, 3.05) is 18.4 Å². The van der Waals surface area contributed by atoms with Crippen LogP contribution in [0.15, 0.2) is 24.3 Å². The van der Waals surface area contributed by atoms with Gasteiger partial charge in [-0.05, 0) is 49.9 Å². The highest BCUT2D eigenvalue weighted by Gasteiger charge is 2.06. The average Bonchev–Trinajstić information content (AvgIpc) is 2.41. The zero-order valence-electron chi connectivity index (χ0n) is 12.7. The fourth-order valence-corrected chi connectivity index (χ4v) is 1.99. The van der Waals surface area contributed by atoms with Crippen molar-refractivity contribution in [2.24, 2.45) is 5.92 Å². The van der Waals surface area contributed by atoms with Crippen molar-refractivity contribution < 1.29 is 14.7 Å². The highest BCUT2D eigenvalue weighted by molar-refractivity contribution is 5.92. The standard InChI is InChI=1S/C16H24N2O3/c1-12(6-7-16(20)21)8-9-17-11-15(19)18-14-5-3-4-13(2)10-14/h3-5,10,12,17H,6-9,11H2,1-2H3,(H,18,19)(H,20,21). The molecule has 0 saturated carbocycles. The molecule has 0 aliphatic carbocycles. The lowest BCUT2D eigenvalue weighted by atomic mass is 10.0. The van der Waals surface area contributed by atoms with E-state index in [2.05, 4.69) is 10.6 Å². The SMILES string of the molecule is Cc1cccc(NC(=O)CNCCC(C)CCC(=O)O)c1. The Hall–Kier alpha value is -1.88. The summed E-state index contributed by atoms with van der Waals surface area (Å²) in [6, 6.07) is 7.67. The number of benzene rings is 1. The molecule has 0 saturated heterocycles. The van der Waals surface area contributed by atoms with E-state index in [0.29, 0.717) is 18.9 Å². The first-order chi connectivity index (χ1) is 9.97. The van der Waals surface area contributed by atoms with Gasteiger partial charge in [0.15, 0.2) is 0 Å². The van der Waals surface area contributed by atoms with Gasteiger partial charge in [0.25, 0.3) is 0 Å². The highest BCUT2D eigenvalue weighted by Crippen LogP contribution is 2.10. The van der Waals surface area contributed by atoms with Crippen LogP contribution in [-0.4, -0.2) is 30.1 Å². The van der Waals surface area contributed by atoms with Crippen LogP contribution in [0.3, 0.4) is 0 Å². The summed E-state index contributed by atoms with van der Waals surface area (Å²) in [6.07, 6.45) is 1.74. The molecule has 0 aliphatic rings. The van der Waals surface area contributed by atoms with E-state index in [0.717, 1.165) is 17.7 Å². The van der Waals surface area contributed by atoms with Crippen LogP contribution in [-0.2, 0) is 9.59 Å². The van der Waals surface area contributed by atoms with Crippen LogP contribution in [0, 0.1) is 12.8 Å². The van der Waals surface area contributed by atoms with Gasteiger partial charge >= 0.3 is 5.97 Å². The number of aryl methyl sites for hydroxylation is 1. The number of carbonyl (C=O) groups is 2. The molecule has 1 aromatic rings. The van der Waals surface area contributed by atoms with Crippen molar-refractivity contribution in [1.82, 2.24) is 5.32 Å². The van der Waals surface area contributed by atoms with Crippen LogP contribution in [0.5, 0.6) is 0 Å². The van der Waals surface area contributed by atoms with Gasteiger partial charge < -0.3 is 15.7 Å². The third-order valence-electron chi connectivity index (χ3n) is 3.25. The highest BCUT2D eigenvalue weighted by atomic mass is 16.4. The van der Waals surface area contributed by atoms with Crippen LogP contribution in [0.4, 0.5) is 5.69 Å². The number of hydrogen-bond donors (Lipinski definition) is 3. The van der Waals surface area contributed by atoms with E-state index in [4.69, 9.17) is 5.11 Å². The largest absolute Gasteiger partial charge is 0.481 e. The molecule has 5 nitrogen and oxygen atoms in total. The minimum absolute atomic E-state index is 0.0706. The summed E-state index contributed by atoms with van der Waals surface area (Å²) in [6.45, 7) is 4.98. The van der Waals surface area contributed by atoms with Gasteiger partial charge in [0.05, 0.1) is 6.54 Å². The van der Waals surface area contributed by atoms with Gasteiger partial charge in [0, 0.05) is 12.1 Å². The molecular weight excluding hydrogens is 268 g/mol. The van der Waals surface area contributed by atoms with Gasteiger partial charge in [-0.3, -0.25) is 9.59 Å². The molecule has 5 heteroatoms. The number of aliphatic carboxylic acids is 1. The number of rotatable bonds is 9. The van der Waals surface area contributed by atoms with Crippen molar-refractivity contribution in [3.05, 3.63) is 29.8 Å². The third kappa shape index (κ3) is 8.09. The van der Waals surface area contributed by atoms with Gasteiger partial charge in [-0.15, -0.1) is 0 Å². The van der Waals surface area contributed by atoms with E-state index >= 15 is 0 Å². The van der Waals surface area contributed by atoms with Crippen molar-refractivity contribution >= 4 is 17.6 Å². The Kier molecular flexibility index (Phi) is 7.46. The third-order valence-corrected chi connectivity index (χ3v) is 3.25. The number of hydrogen-bond acceptors (Lipinski definition) is 3. The summed E-state index contributed by atoms with van der Waals surface area (Å²) in [4.78, 5) is 22.2. The molecule has 0 fully saturated rings. The lowest BCUT2D eigenvalue weighted by molar-refractivity contribution is -0.137. The van der Waals surface area contributed by atoms with Gasteiger partial charge in [-0.25, -0.2) is 0 Å². The quantitative estimate of drug-likeness (QED) is 0.611. The van der Waals surface area contributed by atoms with Crippen LogP contribution in [0.2, 0.25) is 0 Å². The maximum atomic E-state index is 11.7. The van der Waals surface area contributed by atoms with Crippen LogP contribution < -0.4 is 10.6 Å². The summed E-state index contributed by atoms with van der Waals surface area (Å²) in [7, 11) is 0. The van der Waals surface area contributed by atoms with E-state index < -0.39 is 5.97 Å². The molecule has 0 heterocycles. The topological polar surface area (TPSA) is 78.4 Å². The van der Waals surface area contributed by atoms with Gasteiger partial charge in [0.2, 0.25) is 5.91 Å². The normalized spacial score (nSPS) is 11.9. The molecule has 0 aromatic heterocycles. The molecule has 1 rings (SSSR count). The molecule has 0 radical (unpaired) electrons. The summed E-state index contributed by atoms with van der Waals surface area (Å²) in [5.74, 6) is -0.487. The number of amides is 1. The Morgan fingerprint density at radius 2 is 2.05 bits per heavy atom. The van der Waals surface area contributed by atoms with Gasteiger partial charge in [0.1, 0.15) is 0 Å². The van der Waals surface area contributed by atoms with Crippen LogP contribution in [0.1, 0.15) is 31.7 Å². The van der Waals surface area contributed by atoms with Gasteiger partial charge in [-0.1, -0.05) is 19.1 Å². The lowest BCUT2D eigenvalue weighted by Gasteiger charge is -2.11. The van der Waals surface area contributed by atoms with Gasteiger partial charge in [-0.2, -0.15) is 0 Å². The van der Waals surface area contributed by atoms with Crippen molar-refractivity contribution in [3.63, 3.8) is 0 Å². The fraction of sp³-hybridized carbons (Fsp3) is 0.500. The average molecular weight is 292 g/mol. The van der Waals surface area contributed by atoms with E-state index in [1.807, 2.05) is 38.1 Å². The molecule has 1 unspecified atom stereocenters. The smallest absolute Gasteiger partial charge is 0.303 e. The second kappa shape index (κ2) is 9.13. The zero-order valence-corrected chi connectivity index (χ0v) is 12.7. The molecule has 1 atom stereocenters. The zero-order chi connectivity index (χ0) is 15.7.